The number of pyridine rings is 1. The van der Waals surface area contributed by atoms with Gasteiger partial charge in [-0.2, -0.15) is 0 Å². The van der Waals surface area contributed by atoms with Crippen LogP contribution in [0.5, 0.6) is 0 Å². The van der Waals surface area contributed by atoms with Crippen LogP contribution in [-0.4, -0.2) is 27.9 Å². The molecule has 6 heteroatoms. The van der Waals surface area contributed by atoms with Crippen LogP contribution in [0, 0.1) is 5.82 Å². The number of anilines is 1. The second-order valence-corrected chi connectivity index (χ2v) is 7.65. The summed E-state index contributed by atoms with van der Waals surface area (Å²) in [6.07, 6.45) is 5.73. The first-order chi connectivity index (χ1) is 14.6. The van der Waals surface area contributed by atoms with E-state index in [1.165, 1.54) is 10.7 Å². The number of aromatic nitrogens is 3. The van der Waals surface area contributed by atoms with E-state index in [0.29, 0.717) is 27.5 Å². The molecule has 0 aliphatic heterocycles. The van der Waals surface area contributed by atoms with Gasteiger partial charge in [0.05, 0.1) is 27.8 Å². The number of aromatic amines is 1. The maximum Gasteiger partial charge on any atom is 0.280 e. The number of H-pyrrole nitrogens is 1. The van der Waals surface area contributed by atoms with Crippen LogP contribution < -0.4 is 10.5 Å². The van der Waals surface area contributed by atoms with Gasteiger partial charge in [-0.25, -0.2) is 9.07 Å². The Hall–Kier alpha value is -3.15. The minimum absolute atomic E-state index is 0.192. The van der Waals surface area contributed by atoms with Gasteiger partial charge in [0.25, 0.3) is 5.56 Å². The molecule has 0 bridgehead atoms. The summed E-state index contributed by atoms with van der Waals surface area (Å²) < 4.78 is 16.7. The molecular formula is C24H27FN4O. The Bertz CT molecular complexity index is 1200. The van der Waals surface area contributed by atoms with Gasteiger partial charge < -0.3 is 4.90 Å². The largest absolute Gasteiger partial charge is 0.369 e. The SMILES string of the molecule is CCCCN(CCCC)c1cc2ncc3c(=O)n(-c4ccccc4)[nH]c3c2cc1F. The molecule has 2 aromatic carbocycles. The van der Waals surface area contributed by atoms with Crippen molar-refractivity contribution in [3.63, 3.8) is 0 Å². The van der Waals surface area contributed by atoms with Gasteiger partial charge in [-0.05, 0) is 37.1 Å². The van der Waals surface area contributed by atoms with Gasteiger partial charge >= 0.3 is 0 Å². The third-order valence-electron chi connectivity index (χ3n) is 5.51. The van der Waals surface area contributed by atoms with E-state index in [-0.39, 0.29) is 11.4 Å². The number of halogens is 1. The number of benzene rings is 2. The quantitative estimate of drug-likeness (QED) is 0.425. The molecule has 1 N–H and O–H groups in total. The van der Waals surface area contributed by atoms with Crippen LogP contribution in [0.25, 0.3) is 27.5 Å². The Kier molecular flexibility index (Phi) is 5.84. The summed E-state index contributed by atoms with van der Waals surface area (Å²) in [6.45, 7) is 5.92. The molecule has 0 unspecified atom stereocenters. The first-order valence-electron chi connectivity index (χ1n) is 10.7. The highest BCUT2D eigenvalue weighted by atomic mass is 19.1. The molecule has 0 fully saturated rings. The van der Waals surface area contributed by atoms with Crippen LogP contribution in [0.2, 0.25) is 0 Å². The van der Waals surface area contributed by atoms with E-state index in [2.05, 4.69) is 28.8 Å². The Morgan fingerprint density at radius 1 is 1.03 bits per heavy atom. The molecule has 30 heavy (non-hydrogen) atoms. The van der Waals surface area contributed by atoms with Crippen molar-refractivity contribution < 1.29 is 4.39 Å². The summed E-state index contributed by atoms with van der Waals surface area (Å²) in [7, 11) is 0. The maximum atomic E-state index is 15.2. The second-order valence-electron chi connectivity index (χ2n) is 7.65. The van der Waals surface area contributed by atoms with Gasteiger partial charge in [-0.3, -0.25) is 14.9 Å². The summed E-state index contributed by atoms with van der Waals surface area (Å²) in [6, 6.07) is 12.7. The van der Waals surface area contributed by atoms with Gasteiger partial charge in [0.2, 0.25) is 0 Å². The fourth-order valence-corrected chi connectivity index (χ4v) is 3.82. The third-order valence-corrected chi connectivity index (χ3v) is 5.51. The minimum Gasteiger partial charge on any atom is -0.369 e. The zero-order valence-electron chi connectivity index (χ0n) is 17.5. The molecule has 0 atom stereocenters. The Morgan fingerprint density at radius 2 is 1.73 bits per heavy atom. The number of para-hydroxylation sites is 1. The van der Waals surface area contributed by atoms with E-state index >= 15 is 4.39 Å². The van der Waals surface area contributed by atoms with Gasteiger partial charge in [-0.15, -0.1) is 0 Å². The van der Waals surface area contributed by atoms with Crippen LogP contribution in [0.3, 0.4) is 0 Å². The summed E-state index contributed by atoms with van der Waals surface area (Å²) >= 11 is 0. The van der Waals surface area contributed by atoms with Crippen molar-refractivity contribution in [1.82, 2.24) is 14.8 Å². The Morgan fingerprint density at radius 3 is 2.40 bits per heavy atom. The lowest BCUT2D eigenvalue weighted by Crippen LogP contribution is -2.26. The van der Waals surface area contributed by atoms with Gasteiger partial charge in [0, 0.05) is 24.7 Å². The number of hydrogen-bond acceptors (Lipinski definition) is 3. The number of fused-ring (bicyclic) bond motifs is 3. The first kappa shape index (κ1) is 20.1. The summed E-state index contributed by atoms with van der Waals surface area (Å²) in [5.41, 5.74) is 2.41. The van der Waals surface area contributed by atoms with Crippen molar-refractivity contribution in [2.24, 2.45) is 0 Å². The molecule has 0 radical (unpaired) electrons. The number of nitrogens with zero attached hydrogens (tertiary/aromatic N) is 3. The highest BCUT2D eigenvalue weighted by Crippen LogP contribution is 2.29. The van der Waals surface area contributed by atoms with E-state index < -0.39 is 0 Å². The summed E-state index contributed by atoms with van der Waals surface area (Å²) in [4.78, 5) is 19.5. The van der Waals surface area contributed by atoms with Gasteiger partial charge in [0.1, 0.15) is 5.82 Å². The number of rotatable bonds is 8. The van der Waals surface area contributed by atoms with Crippen LogP contribution in [0.15, 0.2) is 53.5 Å². The van der Waals surface area contributed by atoms with Gasteiger partial charge in [-0.1, -0.05) is 44.9 Å². The van der Waals surface area contributed by atoms with Crippen LogP contribution in [0.1, 0.15) is 39.5 Å². The highest BCUT2D eigenvalue weighted by molar-refractivity contribution is 6.03. The summed E-state index contributed by atoms with van der Waals surface area (Å²) in [5, 5.41) is 4.22. The molecule has 0 aliphatic carbocycles. The fraction of sp³-hybridized carbons (Fsp3) is 0.333. The highest BCUT2D eigenvalue weighted by Gasteiger charge is 2.17. The lowest BCUT2D eigenvalue weighted by Gasteiger charge is -2.25. The van der Waals surface area contributed by atoms with E-state index in [9.17, 15) is 4.79 Å². The molecule has 4 aromatic rings. The standard InChI is InChI=1S/C24H27FN4O/c1-3-5-12-28(13-6-4-2)22-15-21-18(14-20(22)25)23-19(16-26-21)24(30)29(27-23)17-10-8-7-9-11-17/h7-11,14-16,27H,3-6,12-13H2,1-2H3. The first-order valence-corrected chi connectivity index (χ1v) is 10.7. The zero-order chi connectivity index (χ0) is 21.1. The molecule has 0 saturated carbocycles. The van der Waals surface area contributed by atoms with Gasteiger partial charge in [0.15, 0.2) is 0 Å². The van der Waals surface area contributed by atoms with Crippen molar-refractivity contribution in [3.8, 4) is 5.69 Å². The smallest absolute Gasteiger partial charge is 0.280 e. The predicted molar refractivity (Wildman–Crippen MR) is 121 cm³/mol. The van der Waals surface area contributed by atoms with Crippen molar-refractivity contribution in [1.29, 1.82) is 0 Å². The van der Waals surface area contributed by atoms with E-state index in [1.54, 1.807) is 6.20 Å². The Labute approximate surface area is 175 Å². The van der Waals surface area contributed by atoms with Crippen molar-refractivity contribution >= 4 is 27.5 Å². The number of nitrogens with one attached hydrogen (secondary N) is 1. The van der Waals surface area contributed by atoms with E-state index in [4.69, 9.17) is 0 Å². The Balaban J connectivity index is 1.84. The number of hydrogen-bond donors (Lipinski definition) is 1. The average Bonchev–Trinajstić information content (AvgIpc) is 3.11. The molecule has 2 heterocycles. The van der Waals surface area contributed by atoms with Crippen LogP contribution in [-0.2, 0) is 0 Å². The third kappa shape index (κ3) is 3.70. The maximum absolute atomic E-state index is 15.2. The molecule has 5 nitrogen and oxygen atoms in total. The molecule has 0 saturated heterocycles. The van der Waals surface area contributed by atoms with Crippen molar-refractivity contribution in [2.45, 2.75) is 39.5 Å². The molecule has 0 spiro atoms. The fourth-order valence-electron chi connectivity index (χ4n) is 3.82. The lowest BCUT2D eigenvalue weighted by atomic mass is 10.1. The minimum atomic E-state index is -0.280. The molecule has 4 rings (SSSR count). The van der Waals surface area contributed by atoms with Crippen molar-refractivity contribution in [2.75, 3.05) is 18.0 Å². The average molecular weight is 407 g/mol. The lowest BCUT2D eigenvalue weighted by molar-refractivity contribution is 0.606. The van der Waals surface area contributed by atoms with Crippen molar-refractivity contribution in [3.05, 3.63) is 64.8 Å². The van der Waals surface area contributed by atoms with E-state index in [0.717, 1.165) is 44.5 Å². The van der Waals surface area contributed by atoms with Crippen LogP contribution >= 0.6 is 0 Å². The van der Waals surface area contributed by atoms with E-state index in [1.807, 2.05) is 36.4 Å². The molecule has 156 valence electrons. The molecular weight excluding hydrogens is 379 g/mol. The second kappa shape index (κ2) is 8.69. The number of unbranched alkanes of at least 4 members (excludes halogenated alkanes) is 2. The van der Waals surface area contributed by atoms with Crippen LogP contribution in [0.4, 0.5) is 10.1 Å². The zero-order valence-corrected chi connectivity index (χ0v) is 17.5. The molecule has 2 aromatic heterocycles. The molecule has 0 amide bonds. The summed E-state index contributed by atoms with van der Waals surface area (Å²) in [5.74, 6) is -0.280. The monoisotopic (exact) mass is 406 g/mol. The normalized spacial score (nSPS) is 11.4. The topological polar surface area (TPSA) is 53.9 Å². The molecule has 0 aliphatic rings. The predicted octanol–water partition coefficient (Wildman–Crippen LogP) is 5.41.